The minimum Gasteiger partial charge on any atom is -0.444 e. The van der Waals surface area contributed by atoms with Gasteiger partial charge in [-0.15, -0.1) is 0 Å². The Morgan fingerprint density at radius 1 is 0.935 bits per heavy atom. The molecular formula is C24H28N4O3. The molecule has 2 aromatic carbocycles. The fourth-order valence-corrected chi connectivity index (χ4v) is 4.94. The van der Waals surface area contributed by atoms with E-state index in [0.29, 0.717) is 11.6 Å². The quantitative estimate of drug-likeness (QED) is 0.703. The lowest BCUT2D eigenvalue weighted by Gasteiger charge is -2.36. The molecule has 0 radical (unpaired) electrons. The van der Waals surface area contributed by atoms with E-state index in [1.807, 2.05) is 59.2 Å². The molecule has 2 fully saturated rings. The summed E-state index contributed by atoms with van der Waals surface area (Å²) < 4.78 is 8.48. The molecule has 2 aliphatic rings. The van der Waals surface area contributed by atoms with Gasteiger partial charge in [0.15, 0.2) is 0 Å². The maximum absolute atomic E-state index is 13.4. The van der Waals surface area contributed by atoms with Crippen molar-refractivity contribution in [1.29, 1.82) is 0 Å². The molecule has 162 valence electrons. The number of para-hydroxylation sites is 2. The molecule has 5 rings (SSSR count). The molecular weight excluding hydrogens is 392 g/mol. The van der Waals surface area contributed by atoms with Crippen molar-refractivity contribution in [3.63, 3.8) is 0 Å². The summed E-state index contributed by atoms with van der Waals surface area (Å²) in [5.41, 5.74) is 1.99. The molecule has 0 aliphatic carbocycles. The van der Waals surface area contributed by atoms with E-state index in [1.54, 1.807) is 0 Å². The van der Waals surface area contributed by atoms with Gasteiger partial charge >= 0.3 is 11.8 Å². The number of likely N-dealkylation sites (tertiary alicyclic amines) is 1. The molecule has 1 N–H and O–H groups in total. The third-order valence-corrected chi connectivity index (χ3v) is 6.58. The third kappa shape index (κ3) is 3.91. The Morgan fingerprint density at radius 2 is 1.65 bits per heavy atom. The van der Waals surface area contributed by atoms with Crippen LogP contribution in [-0.4, -0.2) is 52.3 Å². The van der Waals surface area contributed by atoms with Gasteiger partial charge in [0.2, 0.25) is 0 Å². The molecule has 0 amide bonds. The molecule has 1 atom stereocenters. The number of imidazole rings is 1. The second-order valence-electron chi connectivity index (χ2n) is 8.43. The van der Waals surface area contributed by atoms with Crippen LogP contribution in [0.15, 0.2) is 59.4 Å². The Hall–Kier alpha value is -2.90. The zero-order valence-electron chi connectivity index (χ0n) is 17.6. The monoisotopic (exact) mass is 420 g/mol. The van der Waals surface area contributed by atoms with E-state index in [2.05, 4.69) is 10.2 Å². The molecule has 1 unspecified atom stereocenters. The summed E-state index contributed by atoms with van der Waals surface area (Å²) >= 11 is 0. The largest absolute Gasteiger partial charge is 0.444 e. The number of nitrogens with one attached hydrogen (secondary N) is 1. The van der Waals surface area contributed by atoms with Crippen molar-refractivity contribution in [2.24, 2.45) is 0 Å². The van der Waals surface area contributed by atoms with E-state index in [1.165, 1.54) is 11.0 Å². The molecule has 1 aromatic heterocycles. The molecule has 3 aromatic rings. The number of hydrogen-bond acceptors (Lipinski definition) is 5. The van der Waals surface area contributed by atoms with Gasteiger partial charge in [-0.05, 0) is 43.5 Å². The van der Waals surface area contributed by atoms with Crippen molar-refractivity contribution in [3.05, 3.63) is 70.6 Å². The first kappa shape index (κ1) is 20.0. The van der Waals surface area contributed by atoms with Crippen molar-refractivity contribution in [2.75, 3.05) is 26.2 Å². The number of nitrogens with zero attached hydrogens (tertiary/aromatic N) is 3. The highest BCUT2D eigenvalue weighted by atomic mass is 16.5. The van der Waals surface area contributed by atoms with Crippen molar-refractivity contribution in [1.82, 2.24) is 19.4 Å². The standard InChI is InChI=1S/C24H28N4O3/c29-23-27(19-11-14-26(15-12-19)20-10-13-25-16-20)21-8-4-5-9-22(21)28(23)24(30)31-17-18-6-2-1-3-7-18/h1-9,19-20,25H,10-17H2. The van der Waals surface area contributed by atoms with Gasteiger partial charge in [-0.2, -0.15) is 4.57 Å². The lowest BCUT2D eigenvalue weighted by Crippen LogP contribution is -2.44. The van der Waals surface area contributed by atoms with Crippen LogP contribution in [0.5, 0.6) is 0 Å². The molecule has 0 spiro atoms. The molecule has 0 bridgehead atoms. The Labute approximate surface area is 181 Å². The smallest absolute Gasteiger partial charge is 0.423 e. The Bertz CT molecular complexity index is 1110. The average molecular weight is 421 g/mol. The third-order valence-electron chi connectivity index (χ3n) is 6.58. The average Bonchev–Trinajstić information content (AvgIpc) is 3.44. The minimum absolute atomic E-state index is 0.0891. The normalized spacial score (nSPS) is 20.3. The van der Waals surface area contributed by atoms with Crippen LogP contribution in [0.2, 0.25) is 0 Å². The molecule has 3 heterocycles. The number of rotatable bonds is 4. The lowest BCUT2D eigenvalue weighted by molar-refractivity contribution is 0.137. The summed E-state index contributed by atoms with van der Waals surface area (Å²) in [4.78, 5) is 28.8. The van der Waals surface area contributed by atoms with Crippen LogP contribution in [0.25, 0.3) is 11.0 Å². The molecule has 7 heteroatoms. The topological polar surface area (TPSA) is 68.5 Å². The molecule has 0 saturated carbocycles. The van der Waals surface area contributed by atoms with E-state index in [4.69, 9.17) is 4.74 Å². The van der Waals surface area contributed by atoms with Gasteiger partial charge in [0, 0.05) is 31.7 Å². The van der Waals surface area contributed by atoms with E-state index in [0.717, 1.165) is 50.1 Å². The number of fused-ring (bicyclic) bond motifs is 1. The number of ether oxygens (including phenoxy) is 1. The van der Waals surface area contributed by atoms with Crippen LogP contribution in [0.4, 0.5) is 4.79 Å². The predicted octanol–water partition coefficient (Wildman–Crippen LogP) is 2.99. The summed E-state index contributed by atoms with van der Waals surface area (Å²) in [7, 11) is 0. The Kier molecular flexibility index (Phi) is 5.61. The number of benzene rings is 2. The van der Waals surface area contributed by atoms with Crippen molar-refractivity contribution < 1.29 is 9.53 Å². The number of carbonyl (C=O) groups excluding carboxylic acids is 1. The van der Waals surface area contributed by atoms with Crippen LogP contribution in [0.3, 0.4) is 0 Å². The van der Waals surface area contributed by atoms with Crippen LogP contribution in [0, 0.1) is 0 Å². The van der Waals surface area contributed by atoms with Crippen LogP contribution in [0.1, 0.15) is 30.9 Å². The first-order valence-corrected chi connectivity index (χ1v) is 11.1. The summed E-state index contributed by atoms with van der Waals surface area (Å²) in [6, 6.07) is 17.7. The summed E-state index contributed by atoms with van der Waals surface area (Å²) in [5, 5.41) is 3.43. The fraction of sp³-hybridized carbons (Fsp3) is 0.417. The minimum atomic E-state index is -0.627. The van der Waals surface area contributed by atoms with Crippen molar-refractivity contribution in [2.45, 2.75) is 38.0 Å². The molecule has 7 nitrogen and oxygen atoms in total. The number of piperidine rings is 1. The van der Waals surface area contributed by atoms with E-state index < -0.39 is 6.09 Å². The maximum atomic E-state index is 13.4. The van der Waals surface area contributed by atoms with E-state index in [9.17, 15) is 9.59 Å². The van der Waals surface area contributed by atoms with Crippen LogP contribution >= 0.6 is 0 Å². The van der Waals surface area contributed by atoms with Crippen LogP contribution < -0.4 is 11.0 Å². The zero-order chi connectivity index (χ0) is 21.2. The van der Waals surface area contributed by atoms with Crippen molar-refractivity contribution in [3.8, 4) is 0 Å². The predicted molar refractivity (Wildman–Crippen MR) is 119 cm³/mol. The Balaban J connectivity index is 1.39. The molecule has 31 heavy (non-hydrogen) atoms. The summed E-state index contributed by atoms with van der Waals surface area (Å²) in [6.45, 7) is 4.22. The number of carbonyl (C=O) groups is 1. The van der Waals surface area contributed by atoms with Gasteiger partial charge in [0.1, 0.15) is 6.61 Å². The first-order chi connectivity index (χ1) is 15.2. The highest BCUT2D eigenvalue weighted by Crippen LogP contribution is 2.27. The number of hydrogen-bond donors (Lipinski definition) is 1. The van der Waals surface area contributed by atoms with Gasteiger partial charge < -0.3 is 10.1 Å². The first-order valence-electron chi connectivity index (χ1n) is 11.1. The highest BCUT2D eigenvalue weighted by Gasteiger charge is 2.30. The van der Waals surface area contributed by atoms with Crippen LogP contribution in [-0.2, 0) is 11.3 Å². The SMILES string of the molecule is O=C(OCc1ccccc1)n1c(=O)n(C2CCN(C3CCNC3)CC2)c2ccccc21. The van der Waals surface area contributed by atoms with E-state index in [-0.39, 0.29) is 18.3 Å². The van der Waals surface area contributed by atoms with Gasteiger partial charge in [-0.3, -0.25) is 9.47 Å². The molecule has 2 aliphatic heterocycles. The van der Waals surface area contributed by atoms with Gasteiger partial charge in [0.25, 0.3) is 0 Å². The van der Waals surface area contributed by atoms with Gasteiger partial charge in [0.05, 0.1) is 11.0 Å². The maximum Gasteiger partial charge on any atom is 0.423 e. The fourth-order valence-electron chi connectivity index (χ4n) is 4.94. The zero-order valence-corrected chi connectivity index (χ0v) is 17.6. The Morgan fingerprint density at radius 3 is 2.35 bits per heavy atom. The second kappa shape index (κ2) is 8.69. The number of aromatic nitrogens is 2. The molecule has 2 saturated heterocycles. The second-order valence-corrected chi connectivity index (χ2v) is 8.43. The summed E-state index contributed by atoms with van der Waals surface area (Å²) in [6.07, 6.45) is 2.38. The van der Waals surface area contributed by atoms with E-state index >= 15 is 0 Å². The lowest BCUT2D eigenvalue weighted by atomic mass is 10.0. The van der Waals surface area contributed by atoms with Gasteiger partial charge in [-0.1, -0.05) is 42.5 Å². The highest BCUT2D eigenvalue weighted by molar-refractivity contribution is 5.87. The van der Waals surface area contributed by atoms with Crippen molar-refractivity contribution >= 4 is 17.1 Å². The summed E-state index contributed by atoms with van der Waals surface area (Å²) in [5.74, 6) is 0. The van der Waals surface area contributed by atoms with Gasteiger partial charge in [-0.25, -0.2) is 9.59 Å².